The van der Waals surface area contributed by atoms with Gasteiger partial charge in [0.2, 0.25) is 5.82 Å². The van der Waals surface area contributed by atoms with Gasteiger partial charge in [0.25, 0.3) is 0 Å². The molecule has 0 saturated carbocycles. The van der Waals surface area contributed by atoms with Crippen molar-refractivity contribution in [2.75, 3.05) is 0 Å². The van der Waals surface area contributed by atoms with Crippen LogP contribution in [0.3, 0.4) is 0 Å². The van der Waals surface area contributed by atoms with Crippen LogP contribution >= 0.6 is 0 Å². The maximum Gasteiger partial charge on any atom is 0.373 e. The topological polar surface area (TPSA) is 93.0 Å². The third kappa shape index (κ3) is 2.31. The second kappa shape index (κ2) is 4.48. The molecule has 2 heterocycles. The van der Waals surface area contributed by atoms with E-state index in [0.29, 0.717) is 23.0 Å². The molecule has 0 radical (unpaired) electrons. The number of carboxylic acids is 1. The maximum absolute atomic E-state index is 10.6. The number of carbonyl (C=O) groups excluding carboxylic acids is 1. The molecule has 84 valence electrons. The summed E-state index contributed by atoms with van der Waals surface area (Å²) in [6.07, 6.45) is 6.42. The van der Waals surface area contributed by atoms with E-state index >= 15 is 0 Å². The van der Waals surface area contributed by atoms with Gasteiger partial charge >= 0.3 is 5.97 Å². The Labute approximate surface area is 96.0 Å². The number of aromatic carboxylic acids is 1. The summed E-state index contributed by atoms with van der Waals surface area (Å²) >= 11 is 0. The van der Waals surface area contributed by atoms with Crippen LogP contribution in [0.2, 0.25) is 0 Å². The molecule has 6 nitrogen and oxygen atoms in total. The van der Waals surface area contributed by atoms with Crippen molar-refractivity contribution in [3.05, 3.63) is 42.2 Å². The van der Waals surface area contributed by atoms with Gasteiger partial charge in [0.1, 0.15) is 0 Å². The quantitative estimate of drug-likeness (QED) is 0.790. The fourth-order valence-electron chi connectivity index (χ4n) is 1.27. The number of carbonyl (C=O) groups is 2. The first-order valence-electron chi connectivity index (χ1n) is 4.66. The highest BCUT2D eigenvalue weighted by atomic mass is 16.4. The van der Waals surface area contributed by atoms with Gasteiger partial charge in [-0.05, 0) is 6.07 Å². The molecule has 0 aliphatic carbocycles. The van der Waals surface area contributed by atoms with E-state index in [2.05, 4.69) is 15.0 Å². The van der Waals surface area contributed by atoms with Crippen LogP contribution in [0.25, 0.3) is 11.1 Å². The van der Waals surface area contributed by atoms with Crippen molar-refractivity contribution >= 4 is 12.3 Å². The molecule has 0 spiro atoms. The summed E-state index contributed by atoms with van der Waals surface area (Å²) in [6, 6.07) is 1.62. The normalized spacial score (nSPS) is 9.88. The number of rotatable bonds is 3. The molecular formula is C11H7N3O3. The lowest BCUT2D eigenvalue weighted by Gasteiger charge is -2.00. The van der Waals surface area contributed by atoms with Gasteiger partial charge in [-0.25, -0.2) is 14.8 Å². The minimum atomic E-state index is -1.18. The lowest BCUT2D eigenvalue weighted by atomic mass is 10.1. The van der Waals surface area contributed by atoms with E-state index in [1.54, 1.807) is 12.3 Å². The highest BCUT2D eigenvalue weighted by Crippen LogP contribution is 2.16. The molecule has 0 amide bonds. The Morgan fingerprint density at radius 1 is 1.12 bits per heavy atom. The number of aldehydes is 1. The van der Waals surface area contributed by atoms with Crippen molar-refractivity contribution in [3.63, 3.8) is 0 Å². The van der Waals surface area contributed by atoms with Crippen LogP contribution in [0.1, 0.15) is 21.0 Å². The van der Waals surface area contributed by atoms with Crippen LogP contribution in [-0.2, 0) is 0 Å². The molecule has 0 fully saturated rings. The predicted molar refractivity (Wildman–Crippen MR) is 57.6 cm³/mol. The van der Waals surface area contributed by atoms with Crippen molar-refractivity contribution in [1.82, 2.24) is 15.0 Å². The molecule has 2 rings (SSSR count). The van der Waals surface area contributed by atoms with E-state index in [4.69, 9.17) is 5.11 Å². The zero-order valence-electron chi connectivity index (χ0n) is 8.57. The Morgan fingerprint density at radius 3 is 2.41 bits per heavy atom. The van der Waals surface area contributed by atoms with E-state index in [-0.39, 0.29) is 5.82 Å². The number of pyridine rings is 1. The molecule has 1 N–H and O–H groups in total. The largest absolute Gasteiger partial charge is 0.475 e. The fourth-order valence-corrected chi connectivity index (χ4v) is 1.27. The lowest BCUT2D eigenvalue weighted by Crippen LogP contribution is -2.03. The highest BCUT2D eigenvalue weighted by Gasteiger charge is 2.07. The Balaban J connectivity index is 2.39. The van der Waals surface area contributed by atoms with Gasteiger partial charge in [0.05, 0.1) is 0 Å². The molecule has 2 aromatic heterocycles. The summed E-state index contributed by atoms with van der Waals surface area (Å²) in [6.45, 7) is 0. The van der Waals surface area contributed by atoms with E-state index < -0.39 is 5.97 Å². The van der Waals surface area contributed by atoms with Crippen molar-refractivity contribution in [2.45, 2.75) is 0 Å². The van der Waals surface area contributed by atoms with Crippen LogP contribution in [-0.4, -0.2) is 32.3 Å². The summed E-state index contributed by atoms with van der Waals surface area (Å²) in [5.74, 6) is -1.45. The maximum atomic E-state index is 10.6. The molecule has 0 aliphatic heterocycles. The average Bonchev–Trinajstić information content (AvgIpc) is 2.39. The van der Waals surface area contributed by atoms with Crippen molar-refractivity contribution in [1.29, 1.82) is 0 Å². The smallest absolute Gasteiger partial charge is 0.373 e. The van der Waals surface area contributed by atoms with E-state index in [0.717, 1.165) is 0 Å². The van der Waals surface area contributed by atoms with Crippen molar-refractivity contribution < 1.29 is 14.7 Å². The second-order valence-electron chi connectivity index (χ2n) is 3.23. The second-order valence-corrected chi connectivity index (χ2v) is 3.23. The van der Waals surface area contributed by atoms with Gasteiger partial charge in [0, 0.05) is 41.5 Å². The standard InChI is InChI=1S/C11H7N3O3/c15-6-7-1-8(3-12-2-7)9-4-13-10(11(16)17)14-5-9/h1-6H,(H,16,17). The summed E-state index contributed by atoms with van der Waals surface area (Å²) in [5.41, 5.74) is 1.70. The third-order valence-electron chi connectivity index (χ3n) is 2.07. The molecule has 6 heteroatoms. The van der Waals surface area contributed by atoms with Gasteiger partial charge in [-0.3, -0.25) is 9.78 Å². The third-order valence-corrected chi connectivity index (χ3v) is 2.07. The highest BCUT2D eigenvalue weighted by molar-refractivity contribution is 5.83. The first-order valence-corrected chi connectivity index (χ1v) is 4.66. The van der Waals surface area contributed by atoms with Crippen molar-refractivity contribution in [3.8, 4) is 11.1 Å². The van der Waals surface area contributed by atoms with E-state index in [1.165, 1.54) is 18.6 Å². The molecule has 0 unspecified atom stereocenters. The molecule has 0 atom stereocenters. The first kappa shape index (κ1) is 10.9. The summed E-state index contributed by atoms with van der Waals surface area (Å²) in [4.78, 5) is 32.4. The molecule has 0 aliphatic rings. The number of carboxylic acid groups (broad SMARTS) is 1. The molecule has 17 heavy (non-hydrogen) atoms. The van der Waals surface area contributed by atoms with Gasteiger partial charge < -0.3 is 5.11 Å². The summed E-state index contributed by atoms with van der Waals surface area (Å²) in [7, 11) is 0. The predicted octanol–water partition coefficient (Wildman–Crippen LogP) is 1.05. The van der Waals surface area contributed by atoms with E-state index in [1.807, 2.05) is 0 Å². The zero-order chi connectivity index (χ0) is 12.3. The lowest BCUT2D eigenvalue weighted by molar-refractivity contribution is 0.0683. The van der Waals surface area contributed by atoms with E-state index in [9.17, 15) is 9.59 Å². The SMILES string of the molecule is O=Cc1cncc(-c2cnc(C(=O)O)nc2)c1. The Kier molecular flexibility index (Phi) is 2.87. The average molecular weight is 229 g/mol. The minimum absolute atomic E-state index is 0.270. The Bertz CT molecular complexity index is 566. The number of hydrogen-bond donors (Lipinski definition) is 1. The Morgan fingerprint density at radius 2 is 1.82 bits per heavy atom. The van der Waals surface area contributed by atoms with Crippen LogP contribution in [0, 0.1) is 0 Å². The first-order chi connectivity index (χ1) is 8.20. The molecule has 0 saturated heterocycles. The number of aromatic nitrogens is 3. The molecular weight excluding hydrogens is 222 g/mol. The van der Waals surface area contributed by atoms with Crippen LogP contribution in [0.15, 0.2) is 30.9 Å². The van der Waals surface area contributed by atoms with Crippen LogP contribution < -0.4 is 0 Å². The molecule has 2 aromatic rings. The molecule has 0 aromatic carbocycles. The number of hydrogen-bond acceptors (Lipinski definition) is 5. The zero-order valence-corrected chi connectivity index (χ0v) is 8.57. The Hall–Kier alpha value is -2.63. The van der Waals surface area contributed by atoms with Gasteiger partial charge in [-0.15, -0.1) is 0 Å². The minimum Gasteiger partial charge on any atom is -0.475 e. The van der Waals surface area contributed by atoms with Gasteiger partial charge in [-0.1, -0.05) is 0 Å². The number of nitrogens with zero attached hydrogens (tertiary/aromatic N) is 3. The monoisotopic (exact) mass is 229 g/mol. The van der Waals surface area contributed by atoms with Gasteiger partial charge in [0.15, 0.2) is 6.29 Å². The summed E-state index contributed by atoms with van der Waals surface area (Å²) in [5, 5.41) is 8.64. The fraction of sp³-hybridized carbons (Fsp3) is 0. The summed E-state index contributed by atoms with van der Waals surface area (Å²) < 4.78 is 0. The van der Waals surface area contributed by atoms with Crippen molar-refractivity contribution in [2.24, 2.45) is 0 Å². The molecule has 0 bridgehead atoms. The van der Waals surface area contributed by atoms with Gasteiger partial charge in [-0.2, -0.15) is 0 Å². The van der Waals surface area contributed by atoms with Crippen LogP contribution in [0.4, 0.5) is 0 Å². The van der Waals surface area contributed by atoms with Crippen LogP contribution in [0.5, 0.6) is 0 Å².